The van der Waals surface area contributed by atoms with Crippen LogP contribution in [0.5, 0.6) is 0 Å². The smallest absolute Gasteiger partial charge is 0.240 e. The zero-order valence-corrected chi connectivity index (χ0v) is 13.4. The van der Waals surface area contributed by atoms with Gasteiger partial charge in [-0.15, -0.1) is 0 Å². The third-order valence-corrected chi connectivity index (χ3v) is 6.17. The maximum atomic E-state index is 12.4. The average Bonchev–Trinajstić information content (AvgIpc) is 2.97. The number of thioether (sulfide) groups is 1. The maximum absolute atomic E-state index is 12.4. The predicted molar refractivity (Wildman–Crippen MR) is 84.4 cm³/mol. The van der Waals surface area contributed by atoms with Gasteiger partial charge in [0.2, 0.25) is 10.0 Å². The van der Waals surface area contributed by atoms with Gasteiger partial charge in [0.15, 0.2) is 0 Å². The molecule has 0 aromatic heterocycles. The predicted octanol–water partition coefficient (Wildman–Crippen LogP) is 1.83. The molecule has 0 spiro atoms. The van der Waals surface area contributed by atoms with Gasteiger partial charge >= 0.3 is 0 Å². The van der Waals surface area contributed by atoms with Gasteiger partial charge in [-0.25, -0.2) is 13.1 Å². The van der Waals surface area contributed by atoms with Crippen LogP contribution in [-0.2, 0) is 16.6 Å². The van der Waals surface area contributed by atoms with Crippen LogP contribution >= 0.6 is 11.8 Å². The number of nitrogens with one attached hydrogen (secondary N) is 2. The molecule has 0 bridgehead atoms. The van der Waals surface area contributed by atoms with Crippen LogP contribution in [0.1, 0.15) is 18.9 Å². The lowest BCUT2D eigenvalue weighted by atomic mass is 10.1. The van der Waals surface area contributed by atoms with Gasteiger partial charge in [0.05, 0.1) is 4.90 Å². The van der Waals surface area contributed by atoms with Crippen LogP contribution in [0.4, 0.5) is 0 Å². The number of hydrogen-bond acceptors (Lipinski definition) is 4. The summed E-state index contributed by atoms with van der Waals surface area (Å²) in [5.74, 6) is 2.67. The molecule has 1 atom stereocenters. The Labute approximate surface area is 125 Å². The van der Waals surface area contributed by atoms with Crippen LogP contribution in [-0.4, -0.2) is 33.0 Å². The van der Waals surface area contributed by atoms with Crippen LogP contribution in [0.3, 0.4) is 0 Å². The van der Waals surface area contributed by atoms with E-state index < -0.39 is 10.0 Å². The molecule has 0 radical (unpaired) electrons. The zero-order chi connectivity index (χ0) is 14.4. The molecule has 6 heteroatoms. The standard InChI is InChI=1S/C14H22N2O2S2/c1-2-15-10-13-5-3-4-6-14(13)20(17,18)16-9-12-7-8-19-11-12/h3-6,12,15-16H,2,7-11H2,1H3. The van der Waals surface area contributed by atoms with Crippen LogP contribution in [0.15, 0.2) is 29.2 Å². The van der Waals surface area contributed by atoms with Crippen molar-refractivity contribution in [1.29, 1.82) is 0 Å². The molecular weight excluding hydrogens is 292 g/mol. The van der Waals surface area contributed by atoms with Crippen LogP contribution in [0.2, 0.25) is 0 Å². The van der Waals surface area contributed by atoms with Crippen molar-refractivity contribution in [3.8, 4) is 0 Å². The summed E-state index contributed by atoms with van der Waals surface area (Å²) in [6.07, 6.45) is 1.10. The Bertz CT molecular complexity index is 526. The highest BCUT2D eigenvalue weighted by Crippen LogP contribution is 2.23. The van der Waals surface area contributed by atoms with E-state index in [1.807, 2.05) is 30.8 Å². The lowest BCUT2D eigenvalue weighted by Crippen LogP contribution is -2.30. The molecule has 0 amide bonds. The van der Waals surface area contributed by atoms with Crippen molar-refractivity contribution >= 4 is 21.8 Å². The van der Waals surface area contributed by atoms with Crippen LogP contribution < -0.4 is 10.0 Å². The summed E-state index contributed by atoms with van der Waals surface area (Å²) < 4.78 is 27.6. The second-order valence-corrected chi connectivity index (χ2v) is 7.85. The quantitative estimate of drug-likeness (QED) is 0.806. The molecule has 1 aromatic carbocycles. The van der Waals surface area contributed by atoms with Gasteiger partial charge < -0.3 is 5.32 Å². The third kappa shape index (κ3) is 4.22. The first-order valence-electron chi connectivity index (χ1n) is 6.99. The average molecular weight is 314 g/mol. The summed E-state index contributed by atoms with van der Waals surface area (Å²) in [5, 5.41) is 3.18. The Morgan fingerprint density at radius 1 is 1.35 bits per heavy atom. The molecule has 1 unspecified atom stereocenters. The molecule has 1 heterocycles. The zero-order valence-electron chi connectivity index (χ0n) is 11.8. The summed E-state index contributed by atoms with van der Waals surface area (Å²) >= 11 is 1.90. The SMILES string of the molecule is CCNCc1ccccc1S(=O)(=O)NCC1CCSC1. The van der Waals surface area contributed by atoms with Crippen molar-refractivity contribution in [3.63, 3.8) is 0 Å². The van der Waals surface area contributed by atoms with E-state index in [2.05, 4.69) is 10.0 Å². The van der Waals surface area contributed by atoms with E-state index in [-0.39, 0.29) is 0 Å². The van der Waals surface area contributed by atoms with Crippen molar-refractivity contribution in [2.24, 2.45) is 5.92 Å². The molecule has 1 aliphatic heterocycles. The Hall–Kier alpha value is -0.560. The van der Waals surface area contributed by atoms with Gasteiger partial charge in [-0.2, -0.15) is 11.8 Å². The second kappa shape index (κ2) is 7.45. The summed E-state index contributed by atoms with van der Waals surface area (Å²) in [5.41, 5.74) is 0.822. The molecule has 1 aliphatic rings. The second-order valence-electron chi connectivity index (χ2n) is 4.97. The molecule has 2 rings (SSSR count). The van der Waals surface area contributed by atoms with E-state index >= 15 is 0 Å². The minimum Gasteiger partial charge on any atom is -0.313 e. The van der Waals surface area contributed by atoms with Crippen LogP contribution in [0, 0.1) is 5.92 Å². The van der Waals surface area contributed by atoms with Gasteiger partial charge in [-0.3, -0.25) is 0 Å². The number of benzene rings is 1. The topological polar surface area (TPSA) is 58.2 Å². The highest BCUT2D eigenvalue weighted by molar-refractivity contribution is 7.99. The van der Waals surface area contributed by atoms with Gasteiger partial charge in [0, 0.05) is 13.1 Å². The van der Waals surface area contributed by atoms with Gasteiger partial charge in [-0.05, 0) is 42.0 Å². The number of rotatable bonds is 7. The lowest BCUT2D eigenvalue weighted by molar-refractivity contribution is 0.544. The Balaban J connectivity index is 2.07. The first-order valence-corrected chi connectivity index (χ1v) is 9.63. The Morgan fingerprint density at radius 3 is 2.85 bits per heavy atom. The minimum atomic E-state index is -3.41. The first kappa shape index (κ1) is 15.8. The molecule has 1 aromatic rings. The van der Waals surface area contributed by atoms with Crippen molar-refractivity contribution in [2.75, 3.05) is 24.6 Å². The molecule has 0 aliphatic carbocycles. The monoisotopic (exact) mass is 314 g/mol. The summed E-state index contributed by atoms with van der Waals surface area (Å²) in [7, 11) is -3.41. The molecule has 112 valence electrons. The van der Waals surface area contributed by atoms with Gasteiger partial charge in [-0.1, -0.05) is 25.1 Å². The van der Waals surface area contributed by atoms with E-state index in [1.165, 1.54) is 0 Å². The fraction of sp³-hybridized carbons (Fsp3) is 0.571. The molecule has 1 saturated heterocycles. The Kier molecular flexibility index (Phi) is 5.89. The van der Waals surface area contributed by atoms with Crippen molar-refractivity contribution < 1.29 is 8.42 Å². The highest BCUT2D eigenvalue weighted by Gasteiger charge is 2.21. The van der Waals surface area contributed by atoms with E-state index in [0.717, 1.165) is 30.0 Å². The van der Waals surface area contributed by atoms with E-state index in [4.69, 9.17) is 0 Å². The van der Waals surface area contributed by atoms with E-state index in [1.54, 1.807) is 12.1 Å². The number of sulfonamides is 1. The summed E-state index contributed by atoms with van der Waals surface area (Å²) in [6, 6.07) is 7.19. The number of hydrogen-bond donors (Lipinski definition) is 2. The molecule has 0 saturated carbocycles. The molecular formula is C14H22N2O2S2. The van der Waals surface area contributed by atoms with Crippen LogP contribution in [0.25, 0.3) is 0 Å². The lowest BCUT2D eigenvalue weighted by Gasteiger charge is -2.14. The fourth-order valence-electron chi connectivity index (χ4n) is 2.22. The first-order chi connectivity index (χ1) is 9.63. The van der Waals surface area contributed by atoms with E-state index in [0.29, 0.717) is 23.9 Å². The normalized spacial score (nSPS) is 19.4. The summed E-state index contributed by atoms with van der Waals surface area (Å²) in [6.45, 7) is 3.95. The minimum absolute atomic E-state index is 0.395. The molecule has 4 nitrogen and oxygen atoms in total. The maximum Gasteiger partial charge on any atom is 0.240 e. The van der Waals surface area contributed by atoms with Crippen molar-refractivity contribution in [3.05, 3.63) is 29.8 Å². The largest absolute Gasteiger partial charge is 0.313 e. The fourth-order valence-corrected chi connectivity index (χ4v) is 4.86. The Morgan fingerprint density at radius 2 is 2.15 bits per heavy atom. The van der Waals surface area contributed by atoms with Crippen molar-refractivity contribution in [2.45, 2.75) is 24.8 Å². The third-order valence-electron chi connectivity index (χ3n) is 3.41. The molecule has 1 fully saturated rings. The van der Waals surface area contributed by atoms with E-state index in [9.17, 15) is 8.42 Å². The highest BCUT2D eigenvalue weighted by atomic mass is 32.2. The molecule has 20 heavy (non-hydrogen) atoms. The van der Waals surface area contributed by atoms with Gasteiger partial charge in [0.1, 0.15) is 0 Å². The van der Waals surface area contributed by atoms with Crippen molar-refractivity contribution in [1.82, 2.24) is 10.0 Å². The van der Waals surface area contributed by atoms with Gasteiger partial charge in [0.25, 0.3) is 0 Å². The summed E-state index contributed by atoms with van der Waals surface area (Å²) in [4.78, 5) is 0.395. The molecule has 2 N–H and O–H groups in total.